The van der Waals surface area contributed by atoms with Crippen LogP contribution in [0.1, 0.15) is 42.3 Å². The topological polar surface area (TPSA) is 47.1 Å². The van der Waals surface area contributed by atoms with Gasteiger partial charge in [0.25, 0.3) is 0 Å². The van der Waals surface area contributed by atoms with Gasteiger partial charge in [0.1, 0.15) is 0 Å². The van der Waals surface area contributed by atoms with E-state index in [2.05, 4.69) is 30.5 Å². The quantitative estimate of drug-likeness (QED) is 0.884. The summed E-state index contributed by atoms with van der Waals surface area (Å²) in [4.78, 5) is 2.40. The second kappa shape index (κ2) is 5.85. The van der Waals surface area contributed by atoms with Gasteiger partial charge in [-0.05, 0) is 71.8 Å². The van der Waals surface area contributed by atoms with Crippen molar-refractivity contribution in [1.29, 1.82) is 0 Å². The van der Waals surface area contributed by atoms with Crippen LogP contribution in [0.25, 0.3) is 0 Å². The zero-order valence-electron chi connectivity index (χ0n) is 11.9. The molecule has 0 spiro atoms. The number of piperidine rings is 1. The van der Waals surface area contributed by atoms with Gasteiger partial charge in [0.2, 0.25) is 0 Å². The SMILES string of the molecule is Cc1nn(C2CCN(C)CC2)c(C)c1CCCN. The Morgan fingerprint density at radius 3 is 2.56 bits per heavy atom. The highest BCUT2D eigenvalue weighted by atomic mass is 15.3. The summed E-state index contributed by atoms with van der Waals surface area (Å²) in [5, 5.41) is 4.77. The Morgan fingerprint density at radius 2 is 1.94 bits per heavy atom. The van der Waals surface area contributed by atoms with E-state index in [0.717, 1.165) is 19.4 Å². The van der Waals surface area contributed by atoms with Gasteiger partial charge in [0.05, 0.1) is 11.7 Å². The molecule has 0 amide bonds. The maximum Gasteiger partial charge on any atom is 0.0628 e. The first-order valence-electron chi connectivity index (χ1n) is 7.06. The first-order chi connectivity index (χ1) is 8.63. The zero-order valence-corrected chi connectivity index (χ0v) is 11.9. The number of nitrogens with two attached hydrogens (primary N) is 1. The van der Waals surface area contributed by atoms with Crippen molar-refractivity contribution in [2.45, 2.75) is 45.6 Å². The van der Waals surface area contributed by atoms with Crippen molar-refractivity contribution in [3.63, 3.8) is 0 Å². The van der Waals surface area contributed by atoms with E-state index in [-0.39, 0.29) is 0 Å². The molecular weight excluding hydrogens is 224 g/mol. The van der Waals surface area contributed by atoms with Crippen LogP contribution in [0.5, 0.6) is 0 Å². The van der Waals surface area contributed by atoms with Crippen LogP contribution in [0.15, 0.2) is 0 Å². The predicted octanol–water partition coefficient (Wildman–Crippen LogP) is 1.66. The number of aromatic nitrogens is 2. The van der Waals surface area contributed by atoms with Crippen molar-refractivity contribution in [3.05, 3.63) is 17.0 Å². The second-order valence-corrected chi connectivity index (χ2v) is 5.52. The summed E-state index contributed by atoms with van der Waals surface area (Å²) in [5.74, 6) is 0. The molecule has 0 unspecified atom stereocenters. The third-order valence-electron chi connectivity index (χ3n) is 4.14. The fourth-order valence-corrected chi connectivity index (χ4v) is 2.93. The van der Waals surface area contributed by atoms with Crippen molar-refractivity contribution in [2.24, 2.45) is 5.73 Å². The van der Waals surface area contributed by atoms with Crippen LogP contribution in [0, 0.1) is 13.8 Å². The second-order valence-electron chi connectivity index (χ2n) is 5.52. The van der Waals surface area contributed by atoms with E-state index in [1.54, 1.807) is 0 Å². The van der Waals surface area contributed by atoms with Crippen molar-refractivity contribution in [1.82, 2.24) is 14.7 Å². The molecule has 1 aliphatic rings. The van der Waals surface area contributed by atoms with Gasteiger partial charge in [-0.25, -0.2) is 0 Å². The lowest BCUT2D eigenvalue weighted by molar-refractivity contribution is 0.210. The molecular formula is C14H26N4. The highest BCUT2D eigenvalue weighted by Gasteiger charge is 2.22. The smallest absolute Gasteiger partial charge is 0.0628 e. The maximum absolute atomic E-state index is 5.61. The number of likely N-dealkylation sites (tertiary alicyclic amines) is 1. The largest absolute Gasteiger partial charge is 0.330 e. The van der Waals surface area contributed by atoms with Gasteiger partial charge in [-0.2, -0.15) is 5.10 Å². The van der Waals surface area contributed by atoms with E-state index in [1.165, 1.54) is 42.9 Å². The lowest BCUT2D eigenvalue weighted by Gasteiger charge is -2.29. The number of rotatable bonds is 4. The summed E-state index contributed by atoms with van der Waals surface area (Å²) >= 11 is 0. The van der Waals surface area contributed by atoms with Crippen molar-refractivity contribution in [3.8, 4) is 0 Å². The number of hydrogen-bond acceptors (Lipinski definition) is 3. The van der Waals surface area contributed by atoms with Crippen molar-refractivity contribution < 1.29 is 0 Å². The highest BCUT2D eigenvalue weighted by molar-refractivity contribution is 5.25. The van der Waals surface area contributed by atoms with Gasteiger partial charge in [-0.1, -0.05) is 0 Å². The van der Waals surface area contributed by atoms with Crippen LogP contribution in [0.3, 0.4) is 0 Å². The molecule has 0 aliphatic carbocycles. The fraction of sp³-hybridized carbons (Fsp3) is 0.786. The van der Waals surface area contributed by atoms with Crippen LogP contribution in [0.4, 0.5) is 0 Å². The zero-order chi connectivity index (χ0) is 13.1. The molecule has 0 bridgehead atoms. The molecule has 2 heterocycles. The minimum atomic E-state index is 0.589. The lowest BCUT2D eigenvalue weighted by Crippen LogP contribution is -2.32. The predicted molar refractivity (Wildman–Crippen MR) is 74.8 cm³/mol. The Morgan fingerprint density at radius 1 is 1.28 bits per heavy atom. The van der Waals surface area contributed by atoms with Gasteiger partial charge < -0.3 is 10.6 Å². The number of aryl methyl sites for hydroxylation is 1. The van der Waals surface area contributed by atoms with Gasteiger partial charge in [0, 0.05) is 5.69 Å². The average Bonchev–Trinajstić information content (AvgIpc) is 2.64. The molecule has 102 valence electrons. The summed E-state index contributed by atoms with van der Waals surface area (Å²) in [7, 11) is 2.20. The molecule has 0 saturated carbocycles. The van der Waals surface area contributed by atoms with Crippen molar-refractivity contribution >= 4 is 0 Å². The lowest BCUT2D eigenvalue weighted by atomic mass is 10.0. The highest BCUT2D eigenvalue weighted by Crippen LogP contribution is 2.25. The Labute approximate surface area is 110 Å². The van der Waals surface area contributed by atoms with Crippen LogP contribution < -0.4 is 5.73 Å². The molecule has 1 fully saturated rings. The molecule has 0 aromatic carbocycles. The standard InChI is InChI=1S/C14H26N4/c1-11-14(5-4-8-15)12(2)18(16-11)13-6-9-17(3)10-7-13/h13H,4-10,15H2,1-3H3. The molecule has 1 aromatic rings. The van der Waals surface area contributed by atoms with Crippen LogP contribution in [0.2, 0.25) is 0 Å². The molecule has 0 radical (unpaired) electrons. The summed E-state index contributed by atoms with van der Waals surface area (Å²) in [6, 6.07) is 0.589. The van der Waals surface area contributed by atoms with Crippen LogP contribution in [-0.4, -0.2) is 41.4 Å². The molecule has 18 heavy (non-hydrogen) atoms. The minimum absolute atomic E-state index is 0.589. The fourth-order valence-electron chi connectivity index (χ4n) is 2.93. The maximum atomic E-state index is 5.61. The molecule has 2 rings (SSSR count). The average molecular weight is 250 g/mol. The molecule has 1 saturated heterocycles. The van der Waals surface area contributed by atoms with Gasteiger partial charge in [-0.3, -0.25) is 4.68 Å². The van der Waals surface area contributed by atoms with E-state index in [4.69, 9.17) is 10.8 Å². The Kier molecular flexibility index (Phi) is 4.40. The minimum Gasteiger partial charge on any atom is -0.330 e. The van der Waals surface area contributed by atoms with Crippen LogP contribution >= 0.6 is 0 Å². The van der Waals surface area contributed by atoms with E-state index in [9.17, 15) is 0 Å². The van der Waals surface area contributed by atoms with Gasteiger partial charge >= 0.3 is 0 Å². The third kappa shape index (κ3) is 2.75. The van der Waals surface area contributed by atoms with Crippen LogP contribution in [-0.2, 0) is 6.42 Å². The van der Waals surface area contributed by atoms with Crippen molar-refractivity contribution in [2.75, 3.05) is 26.7 Å². The summed E-state index contributed by atoms with van der Waals surface area (Å²) in [6.07, 6.45) is 4.56. The normalized spacial score (nSPS) is 18.4. The molecule has 0 atom stereocenters. The summed E-state index contributed by atoms with van der Waals surface area (Å²) in [6.45, 7) is 7.47. The van der Waals surface area contributed by atoms with E-state index < -0.39 is 0 Å². The summed E-state index contributed by atoms with van der Waals surface area (Å²) in [5.41, 5.74) is 9.58. The first kappa shape index (κ1) is 13.6. The Balaban J connectivity index is 2.13. The third-order valence-corrected chi connectivity index (χ3v) is 4.14. The monoisotopic (exact) mass is 250 g/mol. The van der Waals surface area contributed by atoms with E-state index >= 15 is 0 Å². The molecule has 1 aliphatic heterocycles. The summed E-state index contributed by atoms with van der Waals surface area (Å²) < 4.78 is 2.27. The Hall–Kier alpha value is -0.870. The molecule has 4 heteroatoms. The number of hydrogen-bond donors (Lipinski definition) is 1. The van der Waals surface area contributed by atoms with Gasteiger partial charge in [-0.15, -0.1) is 0 Å². The van der Waals surface area contributed by atoms with Gasteiger partial charge in [0.15, 0.2) is 0 Å². The molecule has 2 N–H and O–H groups in total. The molecule has 1 aromatic heterocycles. The number of nitrogens with zero attached hydrogens (tertiary/aromatic N) is 3. The van der Waals surface area contributed by atoms with E-state index in [1.807, 2.05) is 0 Å². The molecule has 4 nitrogen and oxygen atoms in total. The Bertz CT molecular complexity index is 389. The first-order valence-corrected chi connectivity index (χ1v) is 7.06. The van der Waals surface area contributed by atoms with E-state index in [0.29, 0.717) is 6.04 Å².